The maximum Gasteiger partial charge on any atom is 0.164 e. The number of para-hydroxylation sites is 1. The summed E-state index contributed by atoms with van der Waals surface area (Å²) < 4.78 is 13.0. The minimum Gasteiger partial charge on any atom is -0.456 e. The maximum absolute atomic E-state index is 6.70. The van der Waals surface area contributed by atoms with E-state index in [0.29, 0.717) is 17.5 Å². The summed E-state index contributed by atoms with van der Waals surface area (Å²) in [5, 5.41) is 6.40. The first kappa shape index (κ1) is 26.6. The summed E-state index contributed by atoms with van der Waals surface area (Å²) in [6, 6.07) is 51.5. The van der Waals surface area contributed by atoms with E-state index in [9.17, 15) is 0 Å². The second kappa shape index (κ2) is 10.5. The molecule has 0 N–H and O–H groups in total. The van der Waals surface area contributed by atoms with Crippen LogP contribution in [0.4, 0.5) is 0 Å². The number of rotatable bonds is 4. The van der Waals surface area contributed by atoms with Gasteiger partial charge in [0.15, 0.2) is 17.5 Å². The van der Waals surface area contributed by atoms with Gasteiger partial charge in [-0.25, -0.2) is 15.0 Å². The molecule has 7 aromatic carbocycles. The molecule has 0 fully saturated rings. The van der Waals surface area contributed by atoms with E-state index in [1.54, 1.807) is 0 Å². The summed E-state index contributed by atoms with van der Waals surface area (Å²) in [6.45, 7) is 0. The van der Waals surface area contributed by atoms with Crippen molar-refractivity contribution >= 4 is 54.6 Å². The number of nitrogens with zero attached hydrogens (tertiary/aromatic N) is 3. The average Bonchev–Trinajstić information content (AvgIpc) is 3.74. The lowest BCUT2D eigenvalue weighted by Gasteiger charge is -2.12. The van der Waals surface area contributed by atoms with Crippen molar-refractivity contribution in [1.29, 1.82) is 0 Å². The van der Waals surface area contributed by atoms with Gasteiger partial charge in [-0.3, -0.25) is 0 Å². The van der Waals surface area contributed by atoms with Crippen LogP contribution in [-0.2, 0) is 0 Å². The predicted molar refractivity (Wildman–Crippen MR) is 194 cm³/mol. The smallest absolute Gasteiger partial charge is 0.164 e. The topological polar surface area (TPSA) is 65.0 Å². The Bertz CT molecular complexity index is 2780. The fraction of sp³-hybridized carbons (Fsp3) is 0. The van der Waals surface area contributed by atoms with Crippen LogP contribution in [0, 0.1) is 0 Å². The number of fused-ring (bicyclic) bond motifs is 8. The van der Waals surface area contributed by atoms with Gasteiger partial charge in [0, 0.05) is 38.2 Å². The van der Waals surface area contributed by atoms with Gasteiger partial charge in [-0.2, -0.15) is 0 Å². The molecule has 0 saturated carbocycles. The first-order chi connectivity index (χ1) is 23.8. The lowest BCUT2D eigenvalue weighted by molar-refractivity contribution is 0.668. The summed E-state index contributed by atoms with van der Waals surface area (Å²) in [7, 11) is 0. The number of furan rings is 2. The van der Waals surface area contributed by atoms with Gasteiger partial charge >= 0.3 is 0 Å². The Kier molecular flexibility index (Phi) is 5.81. The van der Waals surface area contributed by atoms with Gasteiger partial charge in [0.05, 0.1) is 0 Å². The Morgan fingerprint density at radius 2 is 0.938 bits per heavy atom. The molecule has 5 nitrogen and oxygen atoms in total. The quantitative estimate of drug-likeness (QED) is 0.197. The highest BCUT2D eigenvalue weighted by Crippen LogP contribution is 2.44. The molecule has 0 aliphatic heterocycles. The third-order valence-corrected chi connectivity index (χ3v) is 9.12. The lowest BCUT2D eigenvalue weighted by atomic mass is 9.94. The van der Waals surface area contributed by atoms with Crippen molar-refractivity contribution < 1.29 is 8.83 Å². The largest absolute Gasteiger partial charge is 0.456 e. The van der Waals surface area contributed by atoms with Gasteiger partial charge in [-0.15, -0.1) is 0 Å². The fourth-order valence-corrected chi connectivity index (χ4v) is 6.94. The van der Waals surface area contributed by atoms with E-state index in [-0.39, 0.29) is 0 Å². The van der Waals surface area contributed by atoms with Crippen molar-refractivity contribution in [1.82, 2.24) is 15.0 Å². The summed E-state index contributed by atoms with van der Waals surface area (Å²) in [5.41, 5.74) is 8.02. The van der Waals surface area contributed by atoms with Crippen LogP contribution < -0.4 is 0 Å². The summed E-state index contributed by atoms with van der Waals surface area (Å²) in [5.74, 6) is 1.80. The van der Waals surface area contributed by atoms with Gasteiger partial charge in [0.25, 0.3) is 0 Å². The number of hydrogen-bond acceptors (Lipinski definition) is 5. The highest BCUT2D eigenvalue weighted by atomic mass is 16.3. The van der Waals surface area contributed by atoms with Crippen LogP contribution >= 0.6 is 0 Å². The number of hydrogen-bond donors (Lipinski definition) is 0. The summed E-state index contributed by atoms with van der Waals surface area (Å²) in [6.07, 6.45) is 0. The minimum atomic E-state index is 0.578. The number of benzene rings is 7. The predicted octanol–water partition coefficient (Wildman–Crippen LogP) is 11.5. The molecule has 0 saturated heterocycles. The molecule has 5 heteroatoms. The van der Waals surface area contributed by atoms with E-state index >= 15 is 0 Å². The summed E-state index contributed by atoms with van der Waals surface area (Å²) >= 11 is 0. The Morgan fingerprint density at radius 3 is 1.71 bits per heavy atom. The van der Waals surface area contributed by atoms with Gasteiger partial charge in [-0.1, -0.05) is 121 Å². The van der Waals surface area contributed by atoms with Crippen LogP contribution in [0.25, 0.3) is 99.9 Å². The molecule has 3 aromatic heterocycles. The molecule has 0 radical (unpaired) electrons. The standard InChI is InChI=1S/C43H25N3O2/c1-3-13-27(14-4-1)41-44-42(28-15-5-2-6-16-28)46-43(45-41)33-24-29(31-19-11-21-35-38(31)32-18-9-10-20-34(32)47-35)25-37-40(33)39-30-17-8-7-12-26(30)22-23-36(39)48-37/h1-25H. The van der Waals surface area contributed by atoms with Crippen LogP contribution in [0.1, 0.15) is 0 Å². The van der Waals surface area contributed by atoms with E-state index in [1.807, 2.05) is 91.0 Å². The first-order valence-corrected chi connectivity index (χ1v) is 15.9. The zero-order chi connectivity index (χ0) is 31.6. The lowest BCUT2D eigenvalue weighted by Crippen LogP contribution is -2.00. The van der Waals surface area contributed by atoms with Crippen LogP contribution in [0.15, 0.2) is 160 Å². The molecule has 0 bridgehead atoms. The van der Waals surface area contributed by atoms with E-state index in [4.69, 9.17) is 23.8 Å². The third kappa shape index (κ3) is 4.15. The Morgan fingerprint density at radius 1 is 0.333 bits per heavy atom. The molecular formula is C43H25N3O2. The highest BCUT2D eigenvalue weighted by molar-refractivity contribution is 6.23. The van der Waals surface area contributed by atoms with Crippen molar-refractivity contribution in [3.8, 4) is 45.3 Å². The van der Waals surface area contributed by atoms with Gasteiger partial charge in [0.2, 0.25) is 0 Å². The van der Waals surface area contributed by atoms with Gasteiger partial charge in [0.1, 0.15) is 22.3 Å². The van der Waals surface area contributed by atoms with Gasteiger partial charge in [-0.05, 0) is 52.2 Å². The second-order valence-electron chi connectivity index (χ2n) is 12.0. The van der Waals surface area contributed by atoms with E-state index in [2.05, 4.69) is 60.7 Å². The molecule has 0 spiro atoms. The van der Waals surface area contributed by atoms with Crippen LogP contribution in [-0.4, -0.2) is 15.0 Å². The zero-order valence-electron chi connectivity index (χ0n) is 25.6. The SMILES string of the molecule is c1ccc(-c2nc(-c3ccccc3)nc(-c3cc(-c4cccc5oc6ccccc6c45)cc4oc5ccc6ccccc6c5c34)n2)cc1. The number of aromatic nitrogens is 3. The monoisotopic (exact) mass is 615 g/mol. The molecule has 0 aliphatic carbocycles. The summed E-state index contributed by atoms with van der Waals surface area (Å²) in [4.78, 5) is 15.3. The zero-order valence-corrected chi connectivity index (χ0v) is 25.6. The Balaban J connectivity index is 1.34. The minimum absolute atomic E-state index is 0.578. The molecular weight excluding hydrogens is 590 g/mol. The second-order valence-corrected chi connectivity index (χ2v) is 12.0. The first-order valence-electron chi connectivity index (χ1n) is 15.9. The molecule has 0 atom stereocenters. The average molecular weight is 616 g/mol. The Labute approximate surface area is 274 Å². The normalized spacial score (nSPS) is 11.8. The van der Waals surface area contributed by atoms with E-state index in [1.165, 1.54) is 0 Å². The van der Waals surface area contributed by atoms with Crippen molar-refractivity contribution in [2.75, 3.05) is 0 Å². The molecule has 0 unspecified atom stereocenters. The highest BCUT2D eigenvalue weighted by Gasteiger charge is 2.22. The van der Waals surface area contributed by atoms with E-state index in [0.717, 1.165) is 82.5 Å². The van der Waals surface area contributed by atoms with Crippen molar-refractivity contribution in [2.45, 2.75) is 0 Å². The van der Waals surface area contributed by atoms with Crippen LogP contribution in [0.2, 0.25) is 0 Å². The van der Waals surface area contributed by atoms with Crippen molar-refractivity contribution in [3.63, 3.8) is 0 Å². The van der Waals surface area contributed by atoms with Crippen molar-refractivity contribution in [3.05, 3.63) is 152 Å². The molecule has 0 amide bonds. The molecule has 0 aliphatic rings. The molecule has 48 heavy (non-hydrogen) atoms. The molecule has 10 rings (SSSR count). The third-order valence-electron chi connectivity index (χ3n) is 9.12. The molecule has 224 valence electrons. The van der Waals surface area contributed by atoms with Crippen LogP contribution in [0.5, 0.6) is 0 Å². The van der Waals surface area contributed by atoms with Crippen LogP contribution in [0.3, 0.4) is 0 Å². The molecule has 3 heterocycles. The fourth-order valence-electron chi connectivity index (χ4n) is 6.94. The maximum atomic E-state index is 6.70. The van der Waals surface area contributed by atoms with Crippen molar-refractivity contribution in [2.24, 2.45) is 0 Å². The Hall–Kier alpha value is -6.59. The molecule has 10 aromatic rings. The van der Waals surface area contributed by atoms with Gasteiger partial charge < -0.3 is 8.83 Å². The van der Waals surface area contributed by atoms with E-state index < -0.39 is 0 Å².